The van der Waals surface area contributed by atoms with Gasteiger partial charge in [0.25, 0.3) is 0 Å². The van der Waals surface area contributed by atoms with Crippen LogP contribution in [-0.4, -0.2) is 41.1 Å². The Bertz CT molecular complexity index is 924. The number of imidazole rings is 1. The van der Waals surface area contributed by atoms with Gasteiger partial charge in [0.2, 0.25) is 0 Å². The van der Waals surface area contributed by atoms with Crippen molar-refractivity contribution in [2.45, 2.75) is 13.1 Å². The van der Waals surface area contributed by atoms with E-state index in [0.29, 0.717) is 5.69 Å². The van der Waals surface area contributed by atoms with Gasteiger partial charge in [0.05, 0.1) is 18.1 Å². The summed E-state index contributed by atoms with van der Waals surface area (Å²) in [6.07, 6.45) is -1.97. The van der Waals surface area contributed by atoms with E-state index in [4.69, 9.17) is 0 Å². The third-order valence-electron chi connectivity index (χ3n) is 4.92. The lowest BCUT2D eigenvalue weighted by Gasteiger charge is -2.37. The van der Waals surface area contributed by atoms with Crippen LogP contribution in [0.3, 0.4) is 0 Å². The molecule has 1 fully saturated rings. The summed E-state index contributed by atoms with van der Waals surface area (Å²) >= 11 is 0. The van der Waals surface area contributed by atoms with E-state index in [1.165, 1.54) is 11.3 Å². The Morgan fingerprint density at radius 3 is 1.96 bits per heavy atom. The molecule has 146 valence electrons. The van der Waals surface area contributed by atoms with Crippen molar-refractivity contribution in [2.24, 2.45) is 0 Å². The average Bonchev–Trinajstić information content (AvgIpc) is 3.20. The number of nitrogens with zero attached hydrogens (tertiary/aromatic N) is 4. The number of benzene rings is 1. The molecule has 0 bridgehead atoms. The van der Waals surface area contributed by atoms with Gasteiger partial charge < -0.3 is 14.8 Å². The molecule has 3 heterocycles. The normalized spacial score (nSPS) is 15.1. The van der Waals surface area contributed by atoms with Crippen LogP contribution in [0.2, 0.25) is 0 Å². The lowest BCUT2D eigenvalue weighted by molar-refractivity contribution is -0.140. The van der Waals surface area contributed by atoms with E-state index in [-0.39, 0.29) is 5.82 Å². The fourth-order valence-corrected chi connectivity index (χ4v) is 3.29. The molecule has 2 aromatic heterocycles. The van der Waals surface area contributed by atoms with Crippen molar-refractivity contribution >= 4 is 11.4 Å². The molecule has 5 nitrogen and oxygen atoms in total. The molecule has 3 aromatic rings. The van der Waals surface area contributed by atoms with Gasteiger partial charge in [-0.25, -0.2) is 4.98 Å². The van der Waals surface area contributed by atoms with E-state index >= 15 is 0 Å². The third-order valence-corrected chi connectivity index (χ3v) is 4.92. The van der Waals surface area contributed by atoms with Gasteiger partial charge in [-0.2, -0.15) is 13.2 Å². The van der Waals surface area contributed by atoms with Crippen LogP contribution in [0.15, 0.2) is 48.8 Å². The van der Waals surface area contributed by atoms with Crippen LogP contribution >= 0.6 is 0 Å². The number of pyridine rings is 1. The Labute approximate surface area is 160 Å². The first-order valence-electron chi connectivity index (χ1n) is 9.05. The minimum Gasteiger partial charge on any atom is -0.368 e. The highest BCUT2D eigenvalue weighted by molar-refractivity contribution is 5.56. The monoisotopic (exact) mass is 387 g/mol. The van der Waals surface area contributed by atoms with E-state index in [9.17, 15) is 13.2 Å². The van der Waals surface area contributed by atoms with Crippen molar-refractivity contribution < 1.29 is 13.2 Å². The zero-order chi connectivity index (χ0) is 19.7. The number of halogens is 3. The predicted octanol–water partition coefficient (Wildman–Crippen LogP) is 4.13. The van der Waals surface area contributed by atoms with Gasteiger partial charge in [-0.15, -0.1) is 0 Å². The van der Waals surface area contributed by atoms with Gasteiger partial charge in [0, 0.05) is 31.9 Å². The summed E-state index contributed by atoms with van der Waals surface area (Å²) in [5.41, 5.74) is 2.93. The number of aromatic amines is 1. The standard InChI is InChI=1S/C20H20F3N5/c1-14-2-4-15(5-3-14)27-8-10-28(11-9-27)16-6-7-17(24-12-16)19-25-13-18(26-19)20(21,22)23/h2-7,12-13H,8-11H2,1H3,(H,25,26). The third kappa shape index (κ3) is 3.81. The molecule has 1 aliphatic heterocycles. The van der Waals surface area contributed by atoms with Gasteiger partial charge in [-0.1, -0.05) is 17.7 Å². The molecular weight excluding hydrogens is 367 g/mol. The Balaban J connectivity index is 1.41. The van der Waals surface area contributed by atoms with Crippen LogP contribution in [-0.2, 0) is 6.18 Å². The molecule has 0 aliphatic carbocycles. The van der Waals surface area contributed by atoms with E-state index < -0.39 is 11.9 Å². The van der Waals surface area contributed by atoms with Crippen LogP contribution in [0.5, 0.6) is 0 Å². The molecule has 4 rings (SSSR count). The van der Waals surface area contributed by atoms with Crippen LogP contribution in [0, 0.1) is 6.92 Å². The van der Waals surface area contributed by atoms with E-state index in [1.54, 1.807) is 12.3 Å². The number of nitrogens with one attached hydrogen (secondary N) is 1. The molecule has 8 heteroatoms. The summed E-state index contributed by atoms with van der Waals surface area (Å²) in [4.78, 5) is 14.9. The second kappa shape index (κ2) is 7.18. The SMILES string of the molecule is Cc1ccc(N2CCN(c3ccc(-c4ncc(C(F)(F)F)[nH]4)nc3)CC2)cc1. The summed E-state index contributed by atoms with van der Waals surface area (Å²) in [5, 5.41) is 0. The zero-order valence-electron chi connectivity index (χ0n) is 15.4. The lowest BCUT2D eigenvalue weighted by Crippen LogP contribution is -2.46. The first-order chi connectivity index (χ1) is 13.4. The second-order valence-electron chi connectivity index (χ2n) is 6.85. The molecule has 0 unspecified atom stereocenters. The van der Waals surface area contributed by atoms with Crippen LogP contribution < -0.4 is 9.80 Å². The van der Waals surface area contributed by atoms with Crippen molar-refractivity contribution in [1.82, 2.24) is 15.0 Å². The molecule has 1 aromatic carbocycles. The smallest absolute Gasteiger partial charge is 0.368 e. The van der Waals surface area contributed by atoms with Crippen molar-refractivity contribution in [3.05, 3.63) is 60.0 Å². The lowest BCUT2D eigenvalue weighted by atomic mass is 10.2. The number of aryl methyl sites for hydroxylation is 1. The zero-order valence-corrected chi connectivity index (χ0v) is 15.4. The minimum atomic E-state index is -4.44. The summed E-state index contributed by atoms with van der Waals surface area (Å²) in [7, 11) is 0. The molecule has 0 saturated carbocycles. The molecule has 1 N–H and O–H groups in total. The van der Waals surface area contributed by atoms with Crippen molar-refractivity contribution in [1.29, 1.82) is 0 Å². The number of rotatable bonds is 3. The highest BCUT2D eigenvalue weighted by Crippen LogP contribution is 2.29. The molecule has 1 saturated heterocycles. The van der Waals surface area contributed by atoms with E-state index in [0.717, 1.165) is 38.1 Å². The number of hydrogen-bond donors (Lipinski definition) is 1. The molecule has 28 heavy (non-hydrogen) atoms. The molecule has 0 atom stereocenters. The molecular formula is C20H20F3N5. The number of H-pyrrole nitrogens is 1. The first kappa shape index (κ1) is 18.3. The highest BCUT2D eigenvalue weighted by Gasteiger charge is 2.33. The summed E-state index contributed by atoms with van der Waals surface area (Å²) in [6.45, 7) is 5.59. The Kier molecular flexibility index (Phi) is 4.70. The number of piperazine rings is 1. The first-order valence-corrected chi connectivity index (χ1v) is 9.05. The maximum absolute atomic E-state index is 12.7. The van der Waals surface area contributed by atoms with Gasteiger partial charge in [0.15, 0.2) is 5.82 Å². The molecule has 1 aliphatic rings. The number of alkyl halides is 3. The number of hydrogen-bond acceptors (Lipinski definition) is 4. The Morgan fingerprint density at radius 1 is 0.821 bits per heavy atom. The van der Waals surface area contributed by atoms with Crippen molar-refractivity contribution in [2.75, 3.05) is 36.0 Å². The highest BCUT2D eigenvalue weighted by atomic mass is 19.4. The maximum Gasteiger partial charge on any atom is 0.432 e. The number of anilines is 2. The largest absolute Gasteiger partial charge is 0.432 e. The topological polar surface area (TPSA) is 48.0 Å². The molecule has 0 spiro atoms. The maximum atomic E-state index is 12.7. The van der Waals surface area contributed by atoms with Crippen LogP contribution in [0.4, 0.5) is 24.5 Å². The quantitative estimate of drug-likeness (QED) is 0.734. The van der Waals surface area contributed by atoms with Crippen molar-refractivity contribution in [3.63, 3.8) is 0 Å². The molecule has 0 amide bonds. The fraction of sp³-hybridized carbons (Fsp3) is 0.300. The number of aromatic nitrogens is 3. The van der Waals surface area contributed by atoms with Gasteiger partial charge >= 0.3 is 6.18 Å². The summed E-state index contributed by atoms with van der Waals surface area (Å²) in [6, 6.07) is 12.1. The van der Waals surface area contributed by atoms with Gasteiger partial charge in [-0.05, 0) is 31.2 Å². The second-order valence-corrected chi connectivity index (χ2v) is 6.85. The fourth-order valence-electron chi connectivity index (χ4n) is 3.29. The van der Waals surface area contributed by atoms with Gasteiger partial charge in [0.1, 0.15) is 11.4 Å². The predicted molar refractivity (Wildman–Crippen MR) is 102 cm³/mol. The Hall–Kier alpha value is -3.03. The summed E-state index contributed by atoms with van der Waals surface area (Å²) in [5.74, 6) is 0.114. The van der Waals surface area contributed by atoms with E-state index in [1.807, 2.05) is 6.07 Å². The van der Waals surface area contributed by atoms with E-state index in [2.05, 4.69) is 55.9 Å². The van der Waals surface area contributed by atoms with Crippen LogP contribution in [0.25, 0.3) is 11.5 Å². The van der Waals surface area contributed by atoms with Gasteiger partial charge in [-0.3, -0.25) is 4.98 Å². The molecule has 0 radical (unpaired) electrons. The minimum absolute atomic E-state index is 0.114. The average molecular weight is 387 g/mol. The summed E-state index contributed by atoms with van der Waals surface area (Å²) < 4.78 is 38.1. The van der Waals surface area contributed by atoms with Crippen molar-refractivity contribution in [3.8, 4) is 11.5 Å². The Morgan fingerprint density at radius 2 is 1.43 bits per heavy atom. The van der Waals surface area contributed by atoms with Crippen LogP contribution in [0.1, 0.15) is 11.3 Å².